The van der Waals surface area contributed by atoms with E-state index in [1.54, 1.807) is 13.0 Å². The van der Waals surface area contributed by atoms with Gasteiger partial charge in [-0.1, -0.05) is 25.9 Å². The van der Waals surface area contributed by atoms with Crippen molar-refractivity contribution in [3.05, 3.63) is 11.8 Å². The van der Waals surface area contributed by atoms with Crippen molar-refractivity contribution in [3.63, 3.8) is 0 Å². The van der Waals surface area contributed by atoms with Crippen molar-refractivity contribution in [1.82, 2.24) is 5.16 Å². The first-order valence-electron chi connectivity index (χ1n) is 5.64. The second-order valence-electron chi connectivity index (χ2n) is 5.67. The van der Waals surface area contributed by atoms with E-state index in [0.717, 1.165) is 0 Å². The Labute approximate surface area is 102 Å². The lowest BCUT2D eigenvalue weighted by Gasteiger charge is -2.30. The van der Waals surface area contributed by atoms with Gasteiger partial charge in [-0.2, -0.15) is 0 Å². The number of hydrogen-bond donors (Lipinski definition) is 1. The van der Waals surface area contributed by atoms with E-state index in [0.29, 0.717) is 18.6 Å². The minimum Gasteiger partial charge on any atom is -0.360 e. The first kappa shape index (κ1) is 12.4. The Kier molecular flexibility index (Phi) is 2.54. The molecule has 0 saturated heterocycles. The molecule has 0 unspecified atom stereocenters. The summed E-state index contributed by atoms with van der Waals surface area (Å²) in [5, 5.41) is 3.66. The van der Waals surface area contributed by atoms with Crippen LogP contribution in [0.4, 0.5) is 5.82 Å². The molecule has 6 heteroatoms. The van der Waals surface area contributed by atoms with Gasteiger partial charge in [-0.05, 0) is 25.2 Å². The summed E-state index contributed by atoms with van der Waals surface area (Å²) in [7, 11) is -3.42. The monoisotopic (exact) mass is 258 g/mol. The molecular weight excluding hydrogens is 240 g/mol. The number of nitrogens with zero attached hydrogens (tertiary/aromatic N) is 1. The van der Waals surface area contributed by atoms with Crippen molar-refractivity contribution < 1.29 is 12.9 Å². The van der Waals surface area contributed by atoms with Crippen LogP contribution in [0.1, 0.15) is 39.4 Å². The molecule has 0 aromatic carbocycles. The molecule has 0 aliphatic heterocycles. The number of hydrogen-bond acceptors (Lipinski definition) is 4. The van der Waals surface area contributed by atoms with Gasteiger partial charge in [0.1, 0.15) is 5.76 Å². The Bertz CT molecular complexity index is 521. The molecule has 1 aliphatic carbocycles. The first-order valence-corrected chi connectivity index (χ1v) is 7.12. The Morgan fingerprint density at radius 2 is 2.00 bits per heavy atom. The van der Waals surface area contributed by atoms with Crippen LogP contribution < -0.4 is 4.72 Å². The van der Waals surface area contributed by atoms with Gasteiger partial charge in [-0.15, -0.1) is 0 Å². The number of nitrogens with one attached hydrogen (secondary N) is 1. The first-order chi connectivity index (χ1) is 7.68. The highest BCUT2D eigenvalue weighted by Gasteiger charge is 2.62. The standard InChI is InChI=1S/C11H18N2O3S/c1-8-7-9(12-16-8)13-17(14,15)11(5-6-11)10(2,3)4/h7H,5-6H2,1-4H3,(H,12,13). The Hall–Kier alpha value is -1.04. The molecule has 1 N–H and O–H groups in total. The highest BCUT2D eigenvalue weighted by atomic mass is 32.2. The molecule has 1 aromatic rings. The quantitative estimate of drug-likeness (QED) is 0.903. The summed E-state index contributed by atoms with van der Waals surface area (Å²) in [4.78, 5) is 0. The third-order valence-electron chi connectivity index (χ3n) is 3.45. The lowest BCUT2D eigenvalue weighted by atomic mass is 9.90. The fourth-order valence-electron chi connectivity index (χ4n) is 2.19. The van der Waals surface area contributed by atoms with Crippen LogP contribution in [0, 0.1) is 12.3 Å². The number of sulfonamides is 1. The average Bonchev–Trinajstić information content (AvgIpc) is 2.87. The van der Waals surface area contributed by atoms with E-state index in [1.807, 2.05) is 20.8 Å². The van der Waals surface area contributed by atoms with Crippen LogP contribution in [0.5, 0.6) is 0 Å². The Balaban J connectivity index is 2.27. The summed E-state index contributed by atoms with van der Waals surface area (Å²) >= 11 is 0. The second-order valence-corrected chi connectivity index (χ2v) is 7.67. The highest BCUT2D eigenvalue weighted by molar-refractivity contribution is 7.94. The van der Waals surface area contributed by atoms with Gasteiger partial charge in [0.25, 0.3) is 0 Å². The molecule has 5 nitrogen and oxygen atoms in total. The van der Waals surface area contributed by atoms with Gasteiger partial charge in [-0.25, -0.2) is 8.42 Å². The van der Waals surface area contributed by atoms with E-state index in [2.05, 4.69) is 9.88 Å². The molecule has 0 radical (unpaired) electrons. The molecule has 0 spiro atoms. The topological polar surface area (TPSA) is 72.2 Å². The van der Waals surface area contributed by atoms with Gasteiger partial charge in [0.05, 0.1) is 4.75 Å². The van der Waals surface area contributed by atoms with Crippen LogP contribution in [0.3, 0.4) is 0 Å². The fourth-order valence-corrected chi connectivity index (χ4v) is 4.20. The molecule has 0 atom stereocenters. The SMILES string of the molecule is Cc1cc(NS(=O)(=O)C2(C(C)(C)C)CC2)no1. The zero-order chi connectivity index (χ0) is 12.9. The zero-order valence-electron chi connectivity index (χ0n) is 10.6. The zero-order valence-corrected chi connectivity index (χ0v) is 11.4. The maximum absolute atomic E-state index is 12.3. The predicted octanol–water partition coefficient (Wildman–Crippen LogP) is 2.30. The van der Waals surface area contributed by atoms with E-state index >= 15 is 0 Å². The van der Waals surface area contributed by atoms with Crippen molar-refractivity contribution in [2.45, 2.75) is 45.3 Å². The van der Waals surface area contributed by atoms with Crippen LogP contribution in [-0.4, -0.2) is 18.3 Å². The van der Waals surface area contributed by atoms with E-state index in [1.165, 1.54) is 0 Å². The van der Waals surface area contributed by atoms with Crippen LogP contribution in [0.25, 0.3) is 0 Å². The van der Waals surface area contributed by atoms with Crippen molar-refractivity contribution in [2.24, 2.45) is 5.41 Å². The van der Waals surface area contributed by atoms with E-state index < -0.39 is 14.8 Å². The fraction of sp³-hybridized carbons (Fsp3) is 0.727. The Morgan fingerprint density at radius 3 is 2.35 bits per heavy atom. The Morgan fingerprint density at radius 1 is 1.41 bits per heavy atom. The van der Waals surface area contributed by atoms with Gasteiger partial charge in [0, 0.05) is 6.07 Å². The second kappa shape index (κ2) is 3.48. The summed E-state index contributed by atoms with van der Waals surface area (Å²) < 4.78 is 31.4. The summed E-state index contributed by atoms with van der Waals surface area (Å²) in [5.41, 5.74) is -0.280. The van der Waals surface area contributed by atoms with Crippen molar-refractivity contribution in [3.8, 4) is 0 Å². The number of aromatic nitrogens is 1. The summed E-state index contributed by atoms with van der Waals surface area (Å²) in [5.74, 6) is 0.848. The molecule has 1 aliphatic rings. The number of anilines is 1. The third-order valence-corrected chi connectivity index (χ3v) is 5.98. The van der Waals surface area contributed by atoms with Crippen molar-refractivity contribution >= 4 is 15.8 Å². The molecule has 1 fully saturated rings. The molecule has 1 saturated carbocycles. The lowest BCUT2D eigenvalue weighted by Crippen LogP contribution is -2.40. The van der Waals surface area contributed by atoms with Crippen molar-refractivity contribution in [2.75, 3.05) is 4.72 Å². The third kappa shape index (κ3) is 1.94. The van der Waals surface area contributed by atoms with Crippen LogP contribution in [-0.2, 0) is 10.0 Å². The minimum absolute atomic E-state index is 0.262. The molecular formula is C11H18N2O3S. The molecule has 1 aromatic heterocycles. The largest absolute Gasteiger partial charge is 0.360 e. The maximum Gasteiger partial charge on any atom is 0.240 e. The van der Waals surface area contributed by atoms with Crippen molar-refractivity contribution in [1.29, 1.82) is 0 Å². The van der Waals surface area contributed by atoms with E-state index in [4.69, 9.17) is 4.52 Å². The smallest absolute Gasteiger partial charge is 0.240 e. The maximum atomic E-state index is 12.3. The summed E-state index contributed by atoms with van der Waals surface area (Å²) in [6, 6.07) is 1.58. The summed E-state index contributed by atoms with van der Waals surface area (Å²) in [6.45, 7) is 7.58. The van der Waals surface area contributed by atoms with Gasteiger partial charge in [-0.3, -0.25) is 4.72 Å². The predicted molar refractivity (Wildman–Crippen MR) is 65.2 cm³/mol. The summed E-state index contributed by atoms with van der Waals surface area (Å²) in [6.07, 6.45) is 1.39. The molecule has 0 amide bonds. The van der Waals surface area contributed by atoms with E-state index in [-0.39, 0.29) is 11.2 Å². The number of aryl methyl sites for hydroxylation is 1. The number of rotatable bonds is 3. The average molecular weight is 258 g/mol. The normalized spacial score (nSPS) is 19.1. The van der Waals surface area contributed by atoms with Gasteiger partial charge in [0.15, 0.2) is 5.82 Å². The molecule has 0 bridgehead atoms. The van der Waals surface area contributed by atoms with Gasteiger partial charge in [0.2, 0.25) is 10.0 Å². The molecule has 17 heavy (non-hydrogen) atoms. The van der Waals surface area contributed by atoms with Gasteiger partial charge < -0.3 is 4.52 Å². The van der Waals surface area contributed by atoms with Crippen LogP contribution in [0.2, 0.25) is 0 Å². The lowest BCUT2D eigenvalue weighted by molar-refractivity contribution is 0.363. The van der Waals surface area contributed by atoms with Crippen LogP contribution >= 0.6 is 0 Å². The molecule has 96 valence electrons. The molecule has 1 heterocycles. The van der Waals surface area contributed by atoms with E-state index in [9.17, 15) is 8.42 Å². The highest BCUT2D eigenvalue weighted by Crippen LogP contribution is 2.55. The minimum atomic E-state index is -3.42. The molecule has 2 rings (SSSR count). The van der Waals surface area contributed by atoms with Crippen LogP contribution in [0.15, 0.2) is 10.6 Å². The van der Waals surface area contributed by atoms with Gasteiger partial charge >= 0.3 is 0 Å².